The van der Waals surface area contributed by atoms with Gasteiger partial charge >= 0.3 is 0 Å². The van der Waals surface area contributed by atoms with Crippen molar-refractivity contribution in [1.82, 2.24) is 9.62 Å². The summed E-state index contributed by atoms with van der Waals surface area (Å²) in [6.45, 7) is 6.26. The molecule has 1 aromatic rings. The van der Waals surface area contributed by atoms with Crippen LogP contribution in [-0.2, 0) is 14.8 Å². The van der Waals surface area contributed by atoms with Crippen LogP contribution in [0, 0.1) is 18.7 Å². The van der Waals surface area contributed by atoms with Crippen LogP contribution < -0.4 is 5.32 Å². The molecule has 1 heterocycles. The van der Waals surface area contributed by atoms with E-state index in [0.717, 1.165) is 18.9 Å². The molecule has 0 aliphatic carbocycles. The highest BCUT2D eigenvalue weighted by molar-refractivity contribution is 7.89. The molecule has 0 radical (unpaired) electrons. The molecule has 1 fully saturated rings. The molecule has 0 bridgehead atoms. The number of benzene rings is 1. The molecule has 1 amide bonds. The fraction of sp³-hybridized carbons (Fsp3) is 0.611. The molecule has 2 atom stereocenters. The predicted octanol–water partition coefficient (Wildman–Crippen LogP) is 2.84. The number of piperidine rings is 1. The number of unbranched alkanes of at least 4 members (excludes halogenated alkanes) is 1. The summed E-state index contributed by atoms with van der Waals surface area (Å²) in [7, 11) is -3.76. The standard InChI is InChI=1S/C18H27FN2O3S/c1-4-5-10-20-18(22)15-7-6-14(3)21(12-15)25(23,24)17-9-8-16(19)11-13(17)2/h8-9,11,14-15H,4-7,10,12H2,1-3H3,(H,20,22). The largest absolute Gasteiger partial charge is 0.356 e. The molecule has 2 unspecified atom stereocenters. The van der Waals surface area contributed by atoms with Gasteiger partial charge in [0.2, 0.25) is 15.9 Å². The van der Waals surface area contributed by atoms with Crippen LogP contribution in [0.2, 0.25) is 0 Å². The quantitative estimate of drug-likeness (QED) is 0.783. The van der Waals surface area contributed by atoms with Gasteiger partial charge in [-0.25, -0.2) is 12.8 Å². The average molecular weight is 370 g/mol. The topological polar surface area (TPSA) is 66.5 Å². The number of amides is 1. The van der Waals surface area contributed by atoms with Gasteiger partial charge in [0, 0.05) is 19.1 Å². The minimum absolute atomic E-state index is 0.0867. The van der Waals surface area contributed by atoms with Crippen molar-refractivity contribution in [1.29, 1.82) is 0 Å². The molecule has 1 aliphatic rings. The fourth-order valence-corrected chi connectivity index (χ4v) is 5.10. The molecular formula is C18H27FN2O3S. The number of carbonyl (C=O) groups is 1. The van der Waals surface area contributed by atoms with E-state index in [2.05, 4.69) is 5.32 Å². The van der Waals surface area contributed by atoms with E-state index in [1.54, 1.807) is 6.92 Å². The van der Waals surface area contributed by atoms with Crippen molar-refractivity contribution < 1.29 is 17.6 Å². The summed E-state index contributed by atoms with van der Waals surface area (Å²) < 4.78 is 40.8. The zero-order valence-corrected chi connectivity index (χ0v) is 15.9. The molecule has 1 aromatic carbocycles. The average Bonchev–Trinajstić information content (AvgIpc) is 2.54. The van der Waals surface area contributed by atoms with Gasteiger partial charge in [-0.2, -0.15) is 4.31 Å². The molecular weight excluding hydrogens is 343 g/mol. The Morgan fingerprint density at radius 2 is 2.08 bits per heavy atom. The lowest BCUT2D eigenvalue weighted by atomic mass is 9.94. The van der Waals surface area contributed by atoms with Gasteiger partial charge in [0.15, 0.2) is 0 Å². The summed E-state index contributed by atoms with van der Waals surface area (Å²) >= 11 is 0. The van der Waals surface area contributed by atoms with E-state index < -0.39 is 15.8 Å². The summed E-state index contributed by atoms with van der Waals surface area (Å²) in [5.41, 5.74) is 0.377. The van der Waals surface area contributed by atoms with Crippen molar-refractivity contribution in [2.45, 2.75) is 57.4 Å². The van der Waals surface area contributed by atoms with Gasteiger partial charge in [-0.3, -0.25) is 4.79 Å². The summed E-state index contributed by atoms with van der Waals surface area (Å²) in [6, 6.07) is 3.49. The number of halogens is 1. The Morgan fingerprint density at radius 3 is 2.72 bits per heavy atom. The van der Waals surface area contributed by atoms with Crippen LogP contribution in [0.3, 0.4) is 0 Å². The Morgan fingerprint density at radius 1 is 1.36 bits per heavy atom. The Hall–Kier alpha value is -1.47. The molecule has 7 heteroatoms. The first kappa shape index (κ1) is 19.8. The molecule has 1 N–H and O–H groups in total. The van der Waals surface area contributed by atoms with Gasteiger partial charge < -0.3 is 5.32 Å². The maximum Gasteiger partial charge on any atom is 0.243 e. The van der Waals surface area contributed by atoms with E-state index in [4.69, 9.17) is 0 Å². The number of hydrogen-bond donors (Lipinski definition) is 1. The molecule has 1 aliphatic heterocycles. The fourth-order valence-electron chi connectivity index (χ4n) is 3.19. The van der Waals surface area contributed by atoms with E-state index >= 15 is 0 Å². The lowest BCUT2D eigenvalue weighted by molar-refractivity contribution is -0.126. The third-order valence-electron chi connectivity index (χ3n) is 4.75. The monoisotopic (exact) mass is 370 g/mol. The van der Waals surface area contributed by atoms with Crippen molar-refractivity contribution in [3.8, 4) is 0 Å². The third-order valence-corrected chi connectivity index (χ3v) is 6.89. The van der Waals surface area contributed by atoms with E-state index in [1.165, 1.54) is 16.4 Å². The van der Waals surface area contributed by atoms with E-state index in [0.29, 0.717) is 24.9 Å². The van der Waals surface area contributed by atoms with Gasteiger partial charge in [0.1, 0.15) is 5.82 Å². The minimum atomic E-state index is -3.76. The predicted molar refractivity (Wildman–Crippen MR) is 95.1 cm³/mol. The second-order valence-corrected chi connectivity index (χ2v) is 8.61. The van der Waals surface area contributed by atoms with Gasteiger partial charge in [-0.05, 0) is 56.9 Å². The summed E-state index contributed by atoms with van der Waals surface area (Å²) in [4.78, 5) is 12.4. The van der Waals surface area contributed by atoms with E-state index in [-0.39, 0.29) is 29.3 Å². The van der Waals surface area contributed by atoms with Crippen LogP contribution in [0.15, 0.2) is 23.1 Å². The summed E-state index contributed by atoms with van der Waals surface area (Å²) in [5.74, 6) is -0.892. The van der Waals surface area contributed by atoms with Crippen molar-refractivity contribution in [2.75, 3.05) is 13.1 Å². The molecule has 0 aromatic heterocycles. The molecule has 1 saturated heterocycles. The lowest BCUT2D eigenvalue weighted by Crippen LogP contribution is -2.49. The van der Waals surface area contributed by atoms with Crippen LogP contribution in [0.1, 0.15) is 45.1 Å². The van der Waals surface area contributed by atoms with Crippen molar-refractivity contribution in [3.63, 3.8) is 0 Å². The van der Waals surface area contributed by atoms with Gasteiger partial charge in [-0.1, -0.05) is 13.3 Å². The molecule has 2 rings (SSSR count). The number of nitrogens with one attached hydrogen (secondary N) is 1. The highest BCUT2D eigenvalue weighted by Crippen LogP contribution is 2.29. The van der Waals surface area contributed by atoms with Crippen molar-refractivity contribution >= 4 is 15.9 Å². The molecule has 25 heavy (non-hydrogen) atoms. The lowest BCUT2D eigenvalue weighted by Gasteiger charge is -2.36. The first-order valence-corrected chi connectivity index (χ1v) is 10.3. The normalized spacial score (nSPS) is 21.9. The Bertz CT molecular complexity index is 721. The highest BCUT2D eigenvalue weighted by Gasteiger charge is 2.37. The molecule has 5 nitrogen and oxygen atoms in total. The minimum Gasteiger partial charge on any atom is -0.356 e. The van der Waals surface area contributed by atoms with Crippen LogP contribution in [0.4, 0.5) is 4.39 Å². The molecule has 0 saturated carbocycles. The smallest absolute Gasteiger partial charge is 0.243 e. The van der Waals surface area contributed by atoms with Gasteiger partial charge in [0.05, 0.1) is 10.8 Å². The van der Waals surface area contributed by atoms with Crippen LogP contribution in [-0.4, -0.2) is 37.8 Å². The molecule has 140 valence electrons. The van der Waals surface area contributed by atoms with Crippen LogP contribution in [0.25, 0.3) is 0 Å². The Balaban J connectivity index is 2.19. The number of rotatable bonds is 6. The van der Waals surface area contributed by atoms with Gasteiger partial charge in [-0.15, -0.1) is 0 Å². The van der Waals surface area contributed by atoms with E-state index in [9.17, 15) is 17.6 Å². The van der Waals surface area contributed by atoms with Crippen LogP contribution >= 0.6 is 0 Å². The van der Waals surface area contributed by atoms with E-state index in [1.807, 2.05) is 13.8 Å². The Kier molecular flexibility index (Phi) is 6.57. The zero-order valence-electron chi connectivity index (χ0n) is 15.1. The number of carbonyl (C=O) groups excluding carboxylic acids is 1. The summed E-state index contributed by atoms with van der Waals surface area (Å²) in [6.07, 6.45) is 3.21. The van der Waals surface area contributed by atoms with Gasteiger partial charge in [0.25, 0.3) is 0 Å². The number of hydrogen-bond acceptors (Lipinski definition) is 3. The Labute approximate surface area is 149 Å². The zero-order chi connectivity index (χ0) is 18.6. The maximum atomic E-state index is 13.3. The van der Waals surface area contributed by atoms with Crippen molar-refractivity contribution in [2.24, 2.45) is 5.92 Å². The SMILES string of the molecule is CCCCNC(=O)C1CCC(C)N(S(=O)(=O)c2ccc(F)cc2C)C1. The third kappa shape index (κ3) is 4.58. The van der Waals surface area contributed by atoms with Crippen LogP contribution in [0.5, 0.6) is 0 Å². The van der Waals surface area contributed by atoms with Crippen molar-refractivity contribution in [3.05, 3.63) is 29.6 Å². The molecule has 0 spiro atoms. The number of sulfonamides is 1. The second kappa shape index (κ2) is 8.27. The summed E-state index contributed by atoms with van der Waals surface area (Å²) in [5, 5.41) is 2.89. The first-order valence-electron chi connectivity index (χ1n) is 8.83. The number of aryl methyl sites for hydroxylation is 1. The maximum absolute atomic E-state index is 13.3. The first-order chi connectivity index (χ1) is 11.8. The number of nitrogens with zero attached hydrogens (tertiary/aromatic N) is 1. The highest BCUT2D eigenvalue weighted by atomic mass is 32.2. The second-order valence-electron chi connectivity index (χ2n) is 6.75.